The third-order valence-corrected chi connectivity index (χ3v) is 4.67. The minimum absolute atomic E-state index is 0.101. The summed E-state index contributed by atoms with van der Waals surface area (Å²) in [6.45, 7) is 1.53. The number of hydrogen-bond donors (Lipinski definition) is 3. The summed E-state index contributed by atoms with van der Waals surface area (Å²) in [6, 6.07) is 7.27. The fraction of sp³-hybridized carbons (Fsp3) is 0.500. The van der Waals surface area contributed by atoms with Crippen LogP contribution in [0.2, 0.25) is 0 Å². The van der Waals surface area contributed by atoms with Gasteiger partial charge < -0.3 is 20.9 Å². The zero-order valence-corrected chi connectivity index (χ0v) is 14.2. The lowest BCUT2D eigenvalue weighted by Crippen LogP contribution is -2.49. The van der Waals surface area contributed by atoms with Crippen LogP contribution >= 0.6 is 0 Å². The van der Waals surface area contributed by atoms with Crippen LogP contribution in [0.15, 0.2) is 24.3 Å². The Hall–Kier alpha value is -2.57. The molecule has 1 saturated carbocycles. The lowest BCUT2D eigenvalue weighted by atomic mass is 10.1. The molecule has 0 unspecified atom stereocenters. The zero-order chi connectivity index (χ0) is 17.6. The van der Waals surface area contributed by atoms with Gasteiger partial charge in [0.2, 0.25) is 5.91 Å². The van der Waals surface area contributed by atoms with Crippen molar-refractivity contribution < 1.29 is 14.4 Å². The smallest absolute Gasteiger partial charge is 0.315 e. The van der Waals surface area contributed by atoms with Crippen molar-refractivity contribution in [2.45, 2.75) is 38.3 Å². The van der Waals surface area contributed by atoms with Crippen molar-refractivity contribution in [3.8, 4) is 0 Å². The van der Waals surface area contributed by atoms with Gasteiger partial charge in [-0.3, -0.25) is 9.59 Å². The van der Waals surface area contributed by atoms with Crippen molar-refractivity contribution in [3.63, 3.8) is 0 Å². The molecule has 0 bridgehead atoms. The van der Waals surface area contributed by atoms with E-state index in [9.17, 15) is 14.4 Å². The van der Waals surface area contributed by atoms with Crippen LogP contribution in [-0.4, -0.2) is 48.4 Å². The van der Waals surface area contributed by atoms with Gasteiger partial charge in [0.25, 0.3) is 5.91 Å². The quantitative estimate of drug-likeness (QED) is 0.761. The Labute approximate surface area is 147 Å². The van der Waals surface area contributed by atoms with Crippen molar-refractivity contribution in [3.05, 3.63) is 35.4 Å². The third-order valence-electron chi connectivity index (χ3n) is 4.67. The Morgan fingerprint density at radius 3 is 2.56 bits per heavy atom. The highest BCUT2D eigenvalue weighted by Gasteiger charge is 2.22. The van der Waals surface area contributed by atoms with Gasteiger partial charge in [0.1, 0.15) is 0 Å². The lowest BCUT2D eigenvalue weighted by molar-refractivity contribution is -0.123. The van der Waals surface area contributed by atoms with Crippen LogP contribution < -0.4 is 16.0 Å². The van der Waals surface area contributed by atoms with E-state index >= 15 is 0 Å². The summed E-state index contributed by atoms with van der Waals surface area (Å²) in [5, 5.41) is 8.52. The number of amides is 4. The van der Waals surface area contributed by atoms with E-state index in [-0.39, 0.29) is 24.4 Å². The molecule has 0 aromatic heterocycles. The highest BCUT2D eigenvalue weighted by Crippen LogP contribution is 2.17. The average molecular weight is 344 g/mol. The molecule has 1 aliphatic carbocycles. The van der Waals surface area contributed by atoms with E-state index < -0.39 is 0 Å². The molecule has 3 rings (SSSR count). The number of carbonyl (C=O) groups excluding carboxylic acids is 3. The molecule has 25 heavy (non-hydrogen) atoms. The molecule has 7 heteroatoms. The Bertz CT molecular complexity index is 638. The summed E-state index contributed by atoms with van der Waals surface area (Å²) < 4.78 is 0. The molecule has 4 amide bonds. The first kappa shape index (κ1) is 17.3. The van der Waals surface area contributed by atoms with Crippen LogP contribution in [0.5, 0.6) is 0 Å². The number of carbonyl (C=O) groups is 3. The summed E-state index contributed by atoms with van der Waals surface area (Å²) in [6.07, 6.45) is 4.47. The highest BCUT2D eigenvalue weighted by atomic mass is 16.2. The first-order chi connectivity index (χ1) is 12.1. The van der Waals surface area contributed by atoms with Gasteiger partial charge in [0, 0.05) is 31.2 Å². The van der Waals surface area contributed by atoms with Crippen molar-refractivity contribution in [2.75, 3.05) is 19.6 Å². The summed E-state index contributed by atoms with van der Waals surface area (Å²) in [5.74, 6) is -0.276. The van der Waals surface area contributed by atoms with Crippen LogP contribution in [0.4, 0.5) is 4.79 Å². The van der Waals surface area contributed by atoms with Gasteiger partial charge in [0.15, 0.2) is 0 Å². The Balaban J connectivity index is 1.48. The molecule has 3 N–H and O–H groups in total. The molecule has 7 nitrogen and oxygen atoms in total. The summed E-state index contributed by atoms with van der Waals surface area (Å²) in [5.41, 5.74) is 1.48. The minimum atomic E-state index is -0.147. The SMILES string of the molecule is O=C1CN(C(=O)c2ccc(CNC(=O)NC3CCCC3)cc2)CCN1. The first-order valence-corrected chi connectivity index (χ1v) is 8.81. The Kier molecular flexibility index (Phi) is 5.53. The molecular weight excluding hydrogens is 320 g/mol. The lowest BCUT2D eigenvalue weighted by Gasteiger charge is -2.26. The molecule has 2 fully saturated rings. The molecule has 0 atom stereocenters. The van der Waals surface area contributed by atoms with Gasteiger partial charge in [-0.2, -0.15) is 0 Å². The molecule has 134 valence electrons. The molecule has 1 aromatic carbocycles. The fourth-order valence-corrected chi connectivity index (χ4v) is 3.25. The molecular formula is C18H24N4O3. The number of urea groups is 1. The standard InChI is InChI=1S/C18H24N4O3/c23-16-12-22(10-9-19-16)17(24)14-7-5-13(6-8-14)11-20-18(25)21-15-3-1-2-4-15/h5-8,15H,1-4,9-12H2,(H,19,23)(H2,20,21,25). The second kappa shape index (κ2) is 8.00. The van der Waals surface area contributed by atoms with E-state index in [0.29, 0.717) is 31.2 Å². The fourth-order valence-electron chi connectivity index (χ4n) is 3.25. The second-order valence-corrected chi connectivity index (χ2v) is 6.58. The second-order valence-electron chi connectivity index (χ2n) is 6.58. The van der Waals surface area contributed by atoms with E-state index in [1.54, 1.807) is 17.0 Å². The third kappa shape index (κ3) is 4.71. The van der Waals surface area contributed by atoms with Crippen molar-refractivity contribution in [1.82, 2.24) is 20.9 Å². The predicted molar refractivity (Wildman–Crippen MR) is 93.0 cm³/mol. The molecule has 1 saturated heterocycles. The number of rotatable bonds is 4. The molecule has 2 aliphatic rings. The minimum Gasteiger partial charge on any atom is -0.353 e. The van der Waals surface area contributed by atoms with Crippen LogP contribution in [-0.2, 0) is 11.3 Å². The Morgan fingerprint density at radius 1 is 1.16 bits per heavy atom. The monoisotopic (exact) mass is 344 g/mol. The van der Waals surface area contributed by atoms with Crippen LogP contribution in [0.3, 0.4) is 0 Å². The average Bonchev–Trinajstić information content (AvgIpc) is 3.13. The Morgan fingerprint density at radius 2 is 1.88 bits per heavy atom. The number of benzene rings is 1. The molecule has 0 radical (unpaired) electrons. The van der Waals surface area contributed by atoms with Crippen molar-refractivity contribution >= 4 is 17.8 Å². The van der Waals surface area contributed by atoms with Gasteiger partial charge in [-0.25, -0.2) is 4.79 Å². The normalized spacial score (nSPS) is 17.9. The zero-order valence-electron chi connectivity index (χ0n) is 14.2. The largest absolute Gasteiger partial charge is 0.353 e. The van der Waals surface area contributed by atoms with Gasteiger partial charge in [-0.1, -0.05) is 25.0 Å². The van der Waals surface area contributed by atoms with Gasteiger partial charge in [0.05, 0.1) is 6.54 Å². The molecule has 1 aliphatic heterocycles. The maximum absolute atomic E-state index is 12.4. The maximum Gasteiger partial charge on any atom is 0.315 e. The van der Waals surface area contributed by atoms with Gasteiger partial charge in [-0.05, 0) is 30.5 Å². The van der Waals surface area contributed by atoms with E-state index in [1.807, 2.05) is 12.1 Å². The first-order valence-electron chi connectivity index (χ1n) is 8.81. The topological polar surface area (TPSA) is 90.5 Å². The molecule has 0 spiro atoms. The summed E-state index contributed by atoms with van der Waals surface area (Å²) >= 11 is 0. The van der Waals surface area contributed by atoms with Gasteiger partial charge >= 0.3 is 6.03 Å². The van der Waals surface area contributed by atoms with Crippen molar-refractivity contribution in [2.24, 2.45) is 0 Å². The van der Waals surface area contributed by atoms with Crippen LogP contribution in [0, 0.1) is 0 Å². The van der Waals surface area contributed by atoms with E-state index in [4.69, 9.17) is 0 Å². The molecule has 1 heterocycles. The van der Waals surface area contributed by atoms with E-state index in [1.165, 1.54) is 12.8 Å². The summed E-state index contributed by atoms with van der Waals surface area (Å²) in [4.78, 5) is 37.2. The predicted octanol–water partition coefficient (Wildman–Crippen LogP) is 1.00. The van der Waals surface area contributed by atoms with E-state index in [0.717, 1.165) is 18.4 Å². The van der Waals surface area contributed by atoms with Crippen molar-refractivity contribution in [1.29, 1.82) is 0 Å². The van der Waals surface area contributed by atoms with E-state index in [2.05, 4.69) is 16.0 Å². The van der Waals surface area contributed by atoms with Crippen LogP contribution in [0.25, 0.3) is 0 Å². The number of nitrogens with zero attached hydrogens (tertiary/aromatic N) is 1. The van der Waals surface area contributed by atoms with Gasteiger partial charge in [-0.15, -0.1) is 0 Å². The maximum atomic E-state index is 12.4. The number of piperazine rings is 1. The molecule has 1 aromatic rings. The number of nitrogens with one attached hydrogen (secondary N) is 3. The summed E-state index contributed by atoms with van der Waals surface area (Å²) in [7, 11) is 0. The van der Waals surface area contributed by atoms with Crippen LogP contribution in [0.1, 0.15) is 41.6 Å². The highest BCUT2D eigenvalue weighted by molar-refractivity contribution is 5.97. The number of hydrogen-bond acceptors (Lipinski definition) is 3.